The monoisotopic (exact) mass is 496 g/mol. The molecule has 3 heterocycles. The number of halogens is 1. The highest BCUT2D eigenvalue weighted by Gasteiger charge is 2.17. The fourth-order valence-electron chi connectivity index (χ4n) is 3.55. The molecule has 0 aliphatic carbocycles. The van der Waals surface area contributed by atoms with E-state index in [1.807, 2.05) is 51.2 Å². The Hall–Kier alpha value is -3.27. The van der Waals surface area contributed by atoms with E-state index < -0.39 is 0 Å². The van der Waals surface area contributed by atoms with Crippen LogP contribution in [0.1, 0.15) is 40.8 Å². The lowest BCUT2D eigenvalue weighted by atomic mass is 10.1. The van der Waals surface area contributed by atoms with Crippen LogP contribution in [0.5, 0.6) is 0 Å². The SMILES string of the molecule is CCn1cc(-n2nc(C(=O)N[C@H](C)c3ccc(-c4cc(Cl)ccc4CNC)s3)ccc2=O)cn1. The lowest BCUT2D eigenvalue weighted by Crippen LogP contribution is -2.30. The number of hydrogen-bond acceptors (Lipinski definition) is 6. The summed E-state index contributed by atoms with van der Waals surface area (Å²) >= 11 is 7.84. The Balaban J connectivity index is 1.53. The number of nitrogens with zero attached hydrogens (tertiary/aromatic N) is 4. The van der Waals surface area contributed by atoms with Crippen LogP contribution >= 0.6 is 22.9 Å². The van der Waals surface area contributed by atoms with Gasteiger partial charge in [0.1, 0.15) is 11.4 Å². The third-order valence-electron chi connectivity index (χ3n) is 5.33. The van der Waals surface area contributed by atoms with Crippen molar-refractivity contribution in [2.75, 3.05) is 7.05 Å². The molecule has 0 bridgehead atoms. The zero-order valence-electron chi connectivity index (χ0n) is 19.1. The van der Waals surface area contributed by atoms with Gasteiger partial charge in [0, 0.05) is 33.9 Å². The molecule has 176 valence electrons. The molecule has 0 saturated carbocycles. The second kappa shape index (κ2) is 10.3. The number of benzene rings is 1. The van der Waals surface area contributed by atoms with Crippen LogP contribution in [-0.4, -0.2) is 32.5 Å². The van der Waals surface area contributed by atoms with Crippen molar-refractivity contribution in [2.24, 2.45) is 0 Å². The number of carbonyl (C=O) groups is 1. The predicted octanol–water partition coefficient (Wildman–Crippen LogP) is 4.04. The first-order valence-electron chi connectivity index (χ1n) is 10.9. The normalized spacial score (nSPS) is 12.0. The van der Waals surface area contributed by atoms with E-state index >= 15 is 0 Å². The summed E-state index contributed by atoms with van der Waals surface area (Å²) in [5.41, 5.74) is 2.55. The average molecular weight is 497 g/mol. The van der Waals surface area contributed by atoms with Gasteiger partial charge in [-0.15, -0.1) is 11.3 Å². The highest BCUT2D eigenvalue weighted by molar-refractivity contribution is 7.15. The van der Waals surface area contributed by atoms with Gasteiger partial charge in [-0.1, -0.05) is 17.7 Å². The van der Waals surface area contributed by atoms with Crippen molar-refractivity contribution >= 4 is 28.8 Å². The van der Waals surface area contributed by atoms with Crippen molar-refractivity contribution in [1.29, 1.82) is 0 Å². The van der Waals surface area contributed by atoms with Gasteiger partial charge in [0.15, 0.2) is 0 Å². The molecule has 0 fully saturated rings. The lowest BCUT2D eigenvalue weighted by Gasteiger charge is -2.13. The third kappa shape index (κ3) is 5.11. The topological polar surface area (TPSA) is 93.8 Å². The molecule has 1 amide bonds. The first-order valence-corrected chi connectivity index (χ1v) is 12.1. The lowest BCUT2D eigenvalue weighted by molar-refractivity contribution is 0.0933. The molecule has 10 heteroatoms. The number of rotatable bonds is 8. The molecule has 4 rings (SSSR count). The van der Waals surface area contributed by atoms with E-state index in [9.17, 15) is 9.59 Å². The van der Waals surface area contributed by atoms with Gasteiger partial charge >= 0.3 is 0 Å². The Morgan fingerprint density at radius 1 is 1.21 bits per heavy atom. The summed E-state index contributed by atoms with van der Waals surface area (Å²) in [5.74, 6) is -0.363. The molecular formula is C24H25ClN6O2S. The molecule has 0 spiro atoms. The van der Waals surface area contributed by atoms with Crippen LogP contribution < -0.4 is 16.2 Å². The van der Waals surface area contributed by atoms with Crippen LogP contribution in [0, 0.1) is 0 Å². The number of aromatic nitrogens is 4. The van der Waals surface area contributed by atoms with Gasteiger partial charge in [-0.25, -0.2) is 0 Å². The van der Waals surface area contributed by atoms with E-state index in [4.69, 9.17) is 11.6 Å². The molecule has 1 atom stereocenters. The van der Waals surface area contributed by atoms with Gasteiger partial charge in [-0.2, -0.15) is 14.9 Å². The largest absolute Gasteiger partial charge is 0.343 e. The molecule has 2 N–H and O–H groups in total. The zero-order chi connectivity index (χ0) is 24.2. The first-order chi connectivity index (χ1) is 16.4. The van der Waals surface area contributed by atoms with Crippen molar-refractivity contribution < 1.29 is 4.79 Å². The third-order valence-corrected chi connectivity index (χ3v) is 6.86. The quantitative estimate of drug-likeness (QED) is 0.384. The molecule has 8 nitrogen and oxygen atoms in total. The molecule has 0 unspecified atom stereocenters. The minimum atomic E-state index is -0.363. The van der Waals surface area contributed by atoms with Crippen molar-refractivity contribution in [2.45, 2.75) is 33.0 Å². The summed E-state index contributed by atoms with van der Waals surface area (Å²) in [5, 5.41) is 15.3. The highest BCUT2D eigenvalue weighted by Crippen LogP contribution is 2.35. The summed E-state index contributed by atoms with van der Waals surface area (Å²) in [6.45, 7) is 5.26. The minimum Gasteiger partial charge on any atom is -0.343 e. The Kier molecular flexibility index (Phi) is 7.26. The maximum absolute atomic E-state index is 12.9. The van der Waals surface area contributed by atoms with Gasteiger partial charge < -0.3 is 10.6 Å². The maximum Gasteiger partial charge on any atom is 0.272 e. The molecule has 4 aromatic rings. The van der Waals surface area contributed by atoms with Crippen molar-refractivity contribution in [3.8, 4) is 16.1 Å². The molecule has 0 aliphatic rings. The van der Waals surface area contributed by atoms with E-state index in [0.717, 1.165) is 27.4 Å². The number of nitrogens with one attached hydrogen (secondary N) is 2. The summed E-state index contributed by atoms with van der Waals surface area (Å²) in [6.07, 6.45) is 3.26. The van der Waals surface area contributed by atoms with Crippen LogP contribution in [0.15, 0.2) is 59.7 Å². The summed E-state index contributed by atoms with van der Waals surface area (Å²) in [6, 6.07) is 12.4. The second-order valence-electron chi connectivity index (χ2n) is 7.75. The van der Waals surface area contributed by atoms with E-state index in [0.29, 0.717) is 17.3 Å². The van der Waals surface area contributed by atoms with Crippen LogP contribution in [0.2, 0.25) is 5.02 Å². The summed E-state index contributed by atoms with van der Waals surface area (Å²) in [7, 11) is 1.91. The Morgan fingerprint density at radius 2 is 2.03 bits per heavy atom. The number of hydrogen-bond donors (Lipinski definition) is 2. The fourth-order valence-corrected chi connectivity index (χ4v) is 4.78. The van der Waals surface area contributed by atoms with Gasteiger partial charge in [-0.05, 0) is 62.4 Å². The van der Waals surface area contributed by atoms with Crippen LogP contribution in [-0.2, 0) is 13.1 Å². The maximum atomic E-state index is 12.9. The zero-order valence-corrected chi connectivity index (χ0v) is 20.7. The Bertz CT molecular complexity index is 1380. The Labute approximate surface area is 206 Å². The van der Waals surface area contributed by atoms with Crippen LogP contribution in [0.3, 0.4) is 0 Å². The van der Waals surface area contributed by atoms with Crippen molar-refractivity contribution in [3.05, 3.63) is 86.4 Å². The average Bonchev–Trinajstić information content (AvgIpc) is 3.50. The number of thiophene rings is 1. The van der Waals surface area contributed by atoms with Gasteiger partial charge in [0.2, 0.25) is 0 Å². The number of aryl methyl sites for hydroxylation is 1. The minimum absolute atomic E-state index is 0.152. The van der Waals surface area contributed by atoms with Gasteiger partial charge in [0.05, 0.1) is 18.4 Å². The first kappa shape index (κ1) is 23.9. The van der Waals surface area contributed by atoms with Crippen molar-refractivity contribution in [1.82, 2.24) is 30.2 Å². The van der Waals surface area contributed by atoms with E-state index in [-0.39, 0.29) is 23.2 Å². The second-order valence-corrected chi connectivity index (χ2v) is 9.30. The summed E-state index contributed by atoms with van der Waals surface area (Å²) in [4.78, 5) is 27.3. The van der Waals surface area contributed by atoms with E-state index in [2.05, 4.69) is 20.8 Å². The summed E-state index contributed by atoms with van der Waals surface area (Å²) < 4.78 is 2.87. The number of carbonyl (C=O) groups excluding carboxylic acids is 1. The van der Waals surface area contributed by atoms with Crippen molar-refractivity contribution in [3.63, 3.8) is 0 Å². The van der Waals surface area contributed by atoms with E-state index in [1.54, 1.807) is 28.4 Å². The fraction of sp³-hybridized carbons (Fsp3) is 0.250. The molecule has 0 saturated heterocycles. The van der Waals surface area contributed by atoms with E-state index in [1.165, 1.54) is 16.8 Å². The smallest absolute Gasteiger partial charge is 0.272 e. The van der Waals surface area contributed by atoms with Crippen LogP contribution in [0.4, 0.5) is 0 Å². The standard InChI is InChI=1S/C24H25ClN6O2S/c1-4-30-14-18(13-27-30)31-23(32)10-7-20(29-31)24(33)28-15(2)21-8-9-22(34-21)19-11-17(25)6-5-16(19)12-26-3/h5-11,13-15,26H,4,12H2,1-3H3,(H,28,33)/t15-/m1/s1. The van der Waals surface area contributed by atoms with Gasteiger partial charge in [0.25, 0.3) is 11.5 Å². The predicted molar refractivity (Wildman–Crippen MR) is 135 cm³/mol. The molecular weight excluding hydrogens is 472 g/mol. The number of amides is 1. The van der Waals surface area contributed by atoms with Gasteiger partial charge in [-0.3, -0.25) is 14.3 Å². The Morgan fingerprint density at radius 3 is 2.76 bits per heavy atom. The molecule has 1 aromatic carbocycles. The molecule has 3 aromatic heterocycles. The molecule has 0 aliphatic heterocycles. The highest BCUT2D eigenvalue weighted by atomic mass is 35.5. The molecule has 34 heavy (non-hydrogen) atoms. The van der Waals surface area contributed by atoms with Crippen LogP contribution in [0.25, 0.3) is 16.1 Å². The molecule has 0 radical (unpaired) electrons.